The van der Waals surface area contributed by atoms with Crippen molar-refractivity contribution < 1.29 is 14.7 Å². The number of carbonyl (C=O) groups is 2. The van der Waals surface area contributed by atoms with Crippen molar-refractivity contribution in [2.24, 2.45) is 5.92 Å². The third-order valence-electron chi connectivity index (χ3n) is 2.42. The molecule has 92 valence electrons. The second kappa shape index (κ2) is 5.48. The van der Waals surface area contributed by atoms with E-state index < -0.39 is 11.9 Å². The van der Waals surface area contributed by atoms with Crippen LogP contribution in [0.4, 0.5) is 5.69 Å². The molecule has 0 aliphatic heterocycles. The molecule has 0 aliphatic carbocycles. The highest BCUT2D eigenvalue weighted by Crippen LogP contribution is 2.14. The van der Waals surface area contributed by atoms with E-state index in [0.29, 0.717) is 5.69 Å². The largest absolute Gasteiger partial charge is 0.481 e. The summed E-state index contributed by atoms with van der Waals surface area (Å²) in [5.74, 6) is -1.90. The molecule has 0 fully saturated rings. The molecule has 1 aromatic carbocycles. The van der Waals surface area contributed by atoms with E-state index in [4.69, 9.17) is 5.11 Å². The molecule has 4 heteroatoms. The van der Waals surface area contributed by atoms with Crippen molar-refractivity contribution in [1.82, 2.24) is 0 Å². The summed E-state index contributed by atoms with van der Waals surface area (Å²) < 4.78 is 0. The van der Waals surface area contributed by atoms with Gasteiger partial charge in [-0.15, -0.1) is 0 Å². The third-order valence-corrected chi connectivity index (χ3v) is 2.42. The maximum atomic E-state index is 11.6. The van der Waals surface area contributed by atoms with Gasteiger partial charge in [-0.3, -0.25) is 9.59 Å². The van der Waals surface area contributed by atoms with Gasteiger partial charge in [0.2, 0.25) is 5.91 Å². The lowest BCUT2D eigenvalue weighted by molar-refractivity contribution is -0.142. The number of anilines is 1. The van der Waals surface area contributed by atoms with E-state index in [0.717, 1.165) is 11.1 Å². The standard InChI is InChI=1S/C13H17NO3/c1-8-4-9(2)6-11(5-8)14-12(15)7-10(3)13(16)17/h4-6,10H,7H2,1-3H3,(H,14,15)(H,16,17). The first kappa shape index (κ1) is 13.2. The Kier molecular flexibility index (Phi) is 4.26. The maximum absolute atomic E-state index is 11.6. The van der Waals surface area contributed by atoms with Crippen LogP contribution in [0.2, 0.25) is 0 Å². The molecule has 1 atom stereocenters. The second-order valence-corrected chi connectivity index (χ2v) is 4.37. The molecular weight excluding hydrogens is 218 g/mol. The van der Waals surface area contributed by atoms with Crippen molar-refractivity contribution >= 4 is 17.6 Å². The molecule has 1 aromatic rings. The number of nitrogens with one attached hydrogen (secondary N) is 1. The van der Waals surface area contributed by atoms with Gasteiger partial charge in [0.1, 0.15) is 0 Å². The summed E-state index contributed by atoms with van der Waals surface area (Å²) in [7, 11) is 0. The number of benzene rings is 1. The van der Waals surface area contributed by atoms with Crippen molar-refractivity contribution in [1.29, 1.82) is 0 Å². The first-order chi connectivity index (χ1) is 7.88. The molecule has 1 unspecified atom stereocenters. The number of carboxylic acid groups (broad SMARTS) is 1. The summed E-state index contributed by atoms with van der Waals surface area (Å²) in [4.78, 5) is 22.2. The molecule has 1 amide bonds. The molecule has 0 radical (unpaired) electrons. The number of hydrogen-bond acceptors (Lipinski definition) is 2. The Morgan fingerprint density at radius 2 is 1.76 bits per heavy atom. The lowest BCUT2D eigenvalue weighted by Crippen LogP contribution is -2.20. The Bertz CT molecular complexity index is 420. The van der Waals surface area contributed by atoms with Crippen LogP contribution in [-0.4, -0.2) is 17.0 Å². The fourth-order valence-electron chi connectivity index (χ4n) is 1.62. The van der Waals surface area contributed by atoms with E-state index in [-0.39, 0.29) is 12.3 Å². The van der Waals surface area contributed by atoms with E-state index in [1.54, 1.807) is 0 Å². The van der Waals surface area contributed by atoms with Crippen molar-refractivity contribution in [2.45, 2.75) is 27.2 Å². The van der Waals surface area contributed by atoms with Gasteiger partial charge in [0, 0.05) is 12.1 Å². The average Bonchev–Trinajstić information content (AvgIpc) is 2.14. The van der Waals surface area contributed by atoms with Gasteiger partial charge in [-0.2, -0.15) is 0 Å². The van der Waals surface area contributed by atoms with Crippen molar-refractivity contribution in [3.05, 3.63) is 29.3 Å². The zero-order chi connectivity index (χ0) is 13.0. The number of aryl methyl sites for hydroxylation is 2. The minimum Gasteiger partial charge on any atom is -0.481 e. The molecule has 17 heavy (non-hydrogen) atoms. The molecule has 1 rings (SSSR count). The fourth-order valence-corrected chi connectivity index (χ4v) is 1.62. The summed E-state index contributed by atoms with van der Waals surface area (Å²) in [6, 6.07) is 5.72. The zero-order valence-corrected chi connectivity index (χ0v) is 10.3. The van der Waals surface area contributed by atoms with Gasteiger partial charge in [-0.25, -0.2) is 0 Å². The van der Waals surface area contributed by atoms with E-state index >= 15 is 0 Å². The van der Waals surface area contributed by atoms with Crippen LogP contribution in [0.25, 0.3) is 0 Å². The minimum atomic E-state index is -0.958. The van der Waals surface area contributed by atoms with Gasteiger partial charge < -0.3 is 10.4 Å². The van der Waals surface area contributed by atoms with E-state index in [2.05, 4.69) is 5.32 Å². The molecule has 0 aromatic heterocycles. The van der Waals surface area contributed by atoms with Crippen LogP contribution in [0.15, 0.2) is 18.2 Å². The van der Waals surface area contributed by atoms with E-state index in [1.807, 2.05) is 32.0 Å². The van der Waals surface area contributed by atoms with Crippen molar-refractivity contribution in [3.63, 3.8) is 0 Å². The van der Waals surface area contributed by atoms with Crippen LogP contribution in [0.1, 0.15) is 24.5 Å². The van der Waals surface area contributed by atoms with E-state index in [9.17, 15) is 9.59 Å². The summed E-state index contributed by atoms with van der Waals surface area (Å²) >= 11 is 0. The Hall–Kier alpha value is -1.84. The molecule has 0 saturated carbocycles. The summed E-state index contributed by atoms with van der Waals surface area (Å²) in [6.07, 6.45) is -0.0116. The lowest BCUT2D eigenvalue weighted by atomic mass is 10.1. The maximum Gasteiger partial charge on any atom is 0.306 e. The highest BCUT2D eigenvalue weighted by atomic mass is 16.4. The fraction of sp³-hybridized carbons (Fsp3) is 0.385. The first-order valence-electron chi connectivity index (χ1n) is 5.49. The van der Waals surface area contributed by atoms with Gasteiger partial charge in [0.15, 0.2) is 0 Å². The Balaban J connectivity index is 2.65. The van der Waals surface area contributed by atoms with Gasteiger partial charge >= 0.3 is 5.97 Å². The first-order valence-corrected chi connectivity index (χ1v) is 5.49. The Morgan fingerprint density at radius 3 is 2.24 bits per heavy atom. The monoisotopic (exact) mass is 235 g/mol. The van der Waals surface area contributed by atoms with Gasteiger partial charge in [0.25, 0.3) is 0 Å². The molecule has 0 heterocycles. The molecular formula is C13H17NO3. The SMILES string of the molecule is Cc1cc(C)cc(NC(=O)CC(C)C(=O)O)c1. The summed E-state index contributed by atoms with van der Waals surface area (Å²) in [6.45, 7) is 5.41. The molecule has 2 N–H and O–H groups in total. The third kappa shape index (κ3) is 4.26. The van der Waals surface area contributed by atoms with Gasteiger partial charge in [0.05, 0.1) is 5.92 Å². The number of aliphatic carboxylic acids is 1. The smallest absolute Gasteiger partial charge is 0.306 e. The highest BCUT2D eigenvalue weighted by molar-refractivity contribution is 5.93. The van der Waals surface area contributed by atoms with Crippen LogP contribution in [-0.2, 0) is 9.59 Å². The summed E-state index contributed by atoms with van der Waals surface area (Å²) in [5.41, 5.74) is 2.84. The number of hydrogen-bond donors (Lipinski definition) is 2. The topological polar surface area (TPSA) is 66.4 Å². The molecule has 0 spiro atoms. The normalized spacial score (nSPS) is 11.9. The van der Waals surface area contributed by atoms with Crippen LogP contribution >= 0.6 is 0 Å². The number of carbonyl (C=O) groups excluding carboxylic acids is 1. The molecule has 4 nitrogen and oxygen atoms in total. The van der Waals surface area contributed by atoms with Crippen molar-refractivity contribution in [2.75, 3.05) is 5.32 Å². The highest BCUT2D eigenvalue weighted by Gasteiger charge is 2.15. The molecule has 0 bridgehead atoms. The van der Waals surface area contributed by atoms with Gasteiger partial charge in [-0.1, -0.05) is 13.0 Å². The van der Waals surface area contributed by atoms with Crippen LogP contribution in [0.5, 0.6) is 0 Å². The Morgan fingerprint density at radius 1 is 1.24 bits per heavy atom. The minimum absolute atomic E-state index is 0.0116. The lowest BCUT2D eigenvalue weighted by Gasteiger charge is -2.09. The Labute approximate surface area is 101 Å². The van der Waals surface area contributed by atoms with Crippen LogP contribution in [0, 0.1) is 19.8 Å². The predicted molar refractivity (Wildman–Crippen MR) is 66.0 cm³/mol. The molecule has 0 saturated heterocycles. The molecule has 0 aliphatic rings. The van der Waals surface area contributed by atoms with Crippen LogP contribution < -0.4 is 5.32 Å². The zero-order valence-electron chi connectivity index (χ0n) is 10.3. The summed E-state index contributed by atoms with van der Waals surface area (Å²) in [5, 5.41) is 11.4. The second-order valence-electron chi connectivity index (χ2n) is 4.37. The van der Waals surface area contributed by atoms with E-state index in [1.165, 1.54) is 6.92 Å². The number of rotatable bonds is 4. The quantitative estimate of drug-likeness (QED) is 0.841. The average molecular weight is 235 g/mol. The number of carboxylic acids is 1. The van der Waals surface area contributed by atoms with Crippen molar-refractivity contribution in [3.8, 4) is 0 Å². The van der Waals surface area contributed by atoms with Crippen LogP contribution in [0.3, 0.4) is 0 Å². The van der Waals surface area contributed by atoms with Gasteiger partial charge in [-0.05, 0) is 37.1 Å². The number of amides is 1. The predicted octanol–water partition coefficient (Wildman–Crippen LogP) is 2.35.